The Kier molecular flexibility index (Phi) is 5.31. The number of nitrogens with zero attached hydrogens (tertiary/aromatic N) is 2. The summed E-state index contributed by atoms with van der Waals surface area (Å²) in [6, 6.07) is 0. The molecule has 1 aromatic rings. The minimum absolute atomic E-state index is 0.684. The van der Waals surface area contributed by atoms with Gasteiger partial charge in [0.05, 0.1) is 0 Å². The summed E-state index contributed by atoms with van der Waals surface area (Å²) in [5.41, 5.74) is 0. The third-order valence-electron chi connectivity index (χ3n) is 1.80. The summed E-state index contributed by atoms with van der Waals surface area (Å²) in [5, 5.41) is 7.54. The zero-order chi connectivity index (χ0) is 9.52. The molecule has 13 heavy (non-hydrogen) atoms. The number of hydrogen-bond acceptors (Lipinski definition) is 4. The number of aromatic nitrogens is 3. The van der Waals surface area contributed by atoms with Gasteiger partial charge < -0.3 is 0 Å². The summed E-state index contributed by atoms with van der Waals surface area (Å²) in [6.45, 7) is 2.20. The molecule has 0 radical (unpaired) electrons. The molecule has 0 fully saturated rings. The van der Waals surface area contributed by atoms with Crippen LogP contribution >= 0.6 is 24.4 Å². The second kappa shape index (κ2) is 6.32. The van der Waals surface area contributed by atoms with Gasteiger partial charge in [0.2, 0.25) is 0 Å². The van der Waals surface area contributed by atoms with Crippen LogP contribution in [0.3, 0.4) is 0 Å². The molecule has 0 saturated carbocycles. The van der Waals surface area contributed by atoms with E-state index in [-0.39, 0.29) is 0 Å². The van der Waals surface area contributed by atoms with Gasteiger partial charge in [0.15, 0.2) is 5.16 Å². The average molecular weight is 217 g/mol. The summed E-state index contributed by atoms with van der Waals surface area (Å²) in [5.74, 6) is 2.71. The van der Waals surface area contributed by atoms with Crippen LogP contribution in [0.4, 0.5) is 0 Å². The highest BCUT2D eigenvalue weighted by Gasteiger charge is 2.07. The Morgan fingerprint density at radius 3 is 3.08 bits per heavy atom. The maximum Gasteiger partial charge on any atom is 0.183 e. The molecule has 3 nitrogen and oxygen atoms in total. The molecular weight excluding hydrogens is 202 g/mol. The van der Waals surface area contributed by atoms with E-state index >= 15 is 0 Å². The lowest BCUT2D eigenvalue weighted by atomic mass is 10.1. The van der Waals surface area contributed by atoms with E-state index in [1.54, 1.807) is 11.8 Å². The predicted molar refractivity (Wildman–Crippen MR) is 59.4 cm³/mol. The third kappa shape index (κ3) is 4.04. The largest absolute Gasteiger partial charge is 0.254 e. The van der Waals surface area contributed by atoms with Gasteiger partial charge in [0.25, 0.3) is 0 Å². The standard InChI is InChI=1S/C8H15N3S2/c1-2-3-7(4-12)5-13-8-9-6-10-11-8/h6-7,12H,2-5H2,1H3,(H,9,10,11). The quantitative estimate of drug-likeness (QED) is 0.567. The molecule has 0 aliphatic heterocycles. The number of rotatable bonds is 6. The molecule has 0 aliphatic rings. The Balaban J connectivity index is 2.23. The molecule has 1 rings (SSSR count). The van der Waals surface area contributed by atoms with Gasteiger partial charge in [-0.1, -0.05) is 25.1 Å². The van der Waals surface area contributed by atoms with Gasteiger partial charge in [-0.3, -0.25) is 5.10 Å². The lowest BCUT2D eigenvalue weighted by molar-refractivity contribution is 0.595. The van der Waals surface area contributed by atoms with Crippen LogP contribution in [0, 0.1) is 5.92 Å². The van der Waals surface area contributed by atoms with E-state index < -0.39 is 0 Å². The Hall–Kier alpha value is -0.160. The van der Waals surface area contributed by atoms with Gasteiger partial charge in [-0.2, -0.15) is 17.7 Å². The fourth-order valence-electron chi connectivity index (χ4n) is 1.10. The molecule has 1 aromatic heterocycles. The van der Waals surface area contributed by atoms with E-state index in [0.717, 1.165) is 16.7 Å². The van der Waals surface area contributed by atoms with Gasteiger partial charge >= 0.3 is 0 Å². The molecule has 1 atom stereocenters. The number of hydrogen-bond donors (Lipinski definition) is 2. The topological polar surface area (TPSA) is 41.6 Å². The van der Waals surface area contributed by atoms with Gasteiger partial charge in [0.1, 0.15) is 6.33 Å². The van der Waals surface area contributed by atoms with Crippen molar-refractivity contribution in [2.24, 2.45) is 5.92 Å². The van der Waals surface area contributed by atoms with Crippen molar-refractivity contribution in [3.8, 4) is 0 Å². The SMILES string of the molecule is CCCC(CS)CSc1ncn[nH]1. The summed E-state index contributed by atoms with van der Waals surface area (Å²) in [7, 11) is 0. The molecule has 0 bridgehead atoms. The molecule has 0 spiro atoms. The lowest BCUT2D eigenvalue weighted by Crippen LogP contribution is -2.05. The highest BCUT2D eigenvalue weighted by Crippen LogP contribution is 2.19. The third-order valence-corrected chi connectivity index (χ3v) is 3.43. The van der Waals surface area contributed by atoms with Gasteiger partial charge in [-0.05, 0) is 18.1 Å². The van der Waals surface area contributed by atoms with Crippen molar-refractivity contribution in [3.05, 3.63) is 6.33 Å². The van der Waals surface area contributed by atoms with Gasteiger partial charge in [-0.15, -0.1) is 0 Å². The van der Waals surface area contributed by atoms with Crippen LogP contribution in [-0.4, -0.2) is 26.7 Å². The van der Waals surface area contributed by atoms with Gasteiger partial charge in [0, 0.05) is 5.75 Å². The number of nitrogens with one attached hydrogen (secondary N) is 1. The second-order valence-corrected chi connectivity index (χ2v) is 4.31. The normalized spacial score (nSPS) is 13.1. The van der Waals surface area contributed by atoms with E-state index in [1.807, 2.05) is 0 Å². The maximum absolute atomic E-state index is 4.32. The summed E-state index contributed by atoms with van der Waals surface area (Å²) >= 11 is 6.04. The molecule has 1 N–H and O–H groups in total. The zero-order valence-electron chi connectivity index (χ0n) is 7.73. The first-order valence-corrected chi connectivity index (χ1v) is 6.07. The van der Waals surface area contributed by atoms with Crippen molar-refractivity contribution in [1.82, 2.24) is 15.2 Å². The first-order chi connectivity index (χ1) is 6.36. The summed E-state index contributed by atoms with van der Waals surface area (Å²) in [6.07, 6.45) is 4.00. The fourth-order valence-corrected chi connectivity index (χ4v) is 2.50. The minimum atomic E-state index is 0.684. The molecule has 0 aliphatic carbocycles. The number of H-pyrrole nitrogens is 1. The lowest BCUT2D eigenvalue weighted by Gasteiger charge is -2.10. The number of thioether (sulfide) groups is 1. The monoisotopic (exact) mass is 217 g/mol. The zero-order valence-corrected chi connectivity index (χ0v) is 9.44. The van der Waals surface area contributed by atoms with Crippen molar-refractivity contribution in [1.29, 1.82) is 0 Å². The molecular formula is C8H15N3S2. The van der Waals surface area contributed by atoms with Crippen molar-refractivity contribution in [3.63, 3.8) is 0 Å². The molecule has 1 unspecified atom stereocenters. The van der Waals surface area contributed by atoms with E-state index in [0.29, 0.717) is 5.92 Å². The van der Waals surface area contributed by atoms with Crippen LogP contribution in [0.2, 0.25) is 0 Å². The molecule has 0 amide bonds. The van der Waals surface area contributed by atoms with E-state index in [9.17, 15) is 0 Å². The van der Waals surface area contributed by atoms with Crippen LogP contribution in [-0.2, 0) is 0 Å². The van der Waals surface area contributed by atoms with Crippen LogP contribution in [0.25, 0.3) is 0 Å². The van der Waals surface area contributed by atoms with E-state index in [4.69, 9.17) is 0 Å². The highest BCUT2D eigenvalue weighted by molar-refractivity contribution is 7.99. The Labute approximate surface area is 88.5 Å². The number of aromatic amines is 1. The Morgan fingerprint density at radius 2 is 2.54 bits per heavy atom. The molecule has 5 heteroatoms. The van der Waals surface area contributed by atoms with Crippen LogP contribution < -0.4 is 0 Å². The highest BCUT2D eigenvalue weighted by atomic mass is 32.2. The average Bonchev–Trinajstić information content (AvgIpc) is 2.64. The molecule has 0 saturated heterocycles. The predicted octanol–water partition coefficient (Wildman–Crippen LogP) is 2.24. The summed E-state index contributed by atoms with van der Waals surface area (Å²) in [4.78, 5) is 4.05. The summed E-state index contributed by atoms with van der Waals surface area (Å²) < 4.78 is 0. The van der Waals surface area contributed by atoms with Crippen LogP contribution in [0.1, 0.15) is 19.8 Å². The van der Waals surface area contributed by atoms with E-state index in [1.165, 1.54) is 19.2 Å². The van der Waals surface area contributed by atoms with Crippen molar-refractivity contribution in [2.75, 3.05) is 11.5 Å². The minimum Gasteiger partial charge on any atom is -0.254 e. The Bertz CT molecular complexity index is 213. The van der Waals surface area contributed by atoms with Crippen molar-refractivity contribution >= 4 is 24.4 Å². The second-order valence-electron chi connectivity index (χ2n) is 2.94. The maximum atomic E-state index is 4.32. The molecule has 1 heterocycles. The fraction of sp³-hybridized carbons (Fsp3) is 0.750. The van der Waals surface area contributed by atoms with E-state index in [2.05, 4.69) is 34.7 Å². The van der Waals surface area contributed by atoms with Crippen LogP contribution in [0.5, 0.6) is 0 Å². The smallest absolute Gasteiger partial charge is 0.183 e. The first kappa shape index (κ1) is 10.9. The van der Waals surface area contributed by atoms with Gasteiger partial charge in [-0.25, -0.2) is 4.98 Å². The van der Waals surface area contributed by atoms with Crippen molar-refractivity contribution < 1.29 is 0 Å². The van der Waals surface area contributed by atoms with Crippen molar-refractivity contribution in [2.45, 2.75) is 24.9 Å². The first-order valence-electron chi connectivity index (χ1n) is 4.45. The number of thiol groups is 1. The molecule has 0 aromatic carbocycles. The molecule has 74 valence electrons. The Morgan fingerprint density at radius 1 is 1.69 bits per heavy atom. The van der Waals surface area contributed by atoms with Crippen LogP contribution in [0.15, 0.2) is 11.5 Å².